The van der Waals surface area contributed by atoms with Crippen molar-refractivity contribution >= 4 is 17.9 Å². The molecule has 0 saturated heterocycles. The van der Waals surface area contributed by atoms with E-state index in [1.165, 1.54) is 199 Å². The third kappa shape index (κ3) is 49.4. The van der Waals surface area contributed by atoms with E-state index in [9.17, 15) is 14.4 Å². The van der Waals surface area contributed by atoms with Crippen LogP contribution >= 0.6 is 0 Å². The second-order valence-electron chi connectivity index (χ2n) is 20.2. The first-order valence-electron chi connectivity index (χ1n) is 27.7. The maximum absolute atomic E-state index is 12.8. The molecule has 0 radical (unpaired) electrons. The summed E-state index contributed by atoms with van der Waals surface area (Å²) >= 11 is 0. The zero-order valence-electron chi connectivity index (χ0n) is 42.5. The summed E-state index contributed by atoms with van der Waals surface area (Å²) in [6.07, 6.45) is 51.0. The predicted octanol–water partition coefficient (Wildman–Crippen LogP) is 18.1. The summed E-state index contributed by atoms with van der Waals surface area (Å²) in [5.41, 5.74) is 0. The summed E-state index contributed by atoms with van der Waals surface area (Å²) in [7, 11) is 0. The molecule has 1 atom stereocenters. The van der Waals surface area contributed by atoms with Crippen LogP contribution in [0.25, 0.3) is 0 Å². The van der Waals surface area contributed by atoms with Gasteiger partial charge in [0.1, 0.15) is 13.2 Å². The van der Waals surface area contributed by atoms with E-state index in [-0.39, 0.29) is 31.1 Å². The Kier molecular flexibility index (Phi) is 47.6. The molecule has 368 valence electrons. The molecule has 0 aliphatic carbocycles. The molecule has 6 nitrogen and oxygen atoms in total. The lowest BCUT2D eigenvalue weighted by Crippen LogP contribution is -2.30. The SMILES string of the molecule is CCCCCCCCCCCCCCCCCC(=O)O[C@@H](COC(=O)CCCCCCCCCCCCCCCCCC(C)C)COC(=O)CCCCCCCCCCC(C)C. The van der Waals surface area contributed by atoms with Crippen LogP contribution in [0, 0.1) is 11.8 Å². The van der Waals surface area contributed by atoms with E-state index in [1.54, 1.807) is 0 Å². The molecule has 0 aromatic carbocycles. The number of esters is 3. The fourth-order valence-electron chi connectivity index (χ4n) is 8.52. The molecule has 0 rings (SSSR count). The molecule has 0 bridgehead atoms. The summed E-state index contributed by atoms with van der Waals surface area (Å²) < 4.78 is 16.8. The van der Waals surface area contributed by atoms with Crippen molar-refractivity contribution in [1.82, 2.24) is 0 Å². The standard InChI is InChI=1S/C56H108O6/c1-6-7-8-9-10-11-12-13-15-20-23-26-33-38-43-48-56(59)62-53(50-61-55(58)47-42-37-32-28-27-30-35-40-45-52(4)5)49-60-54(57)46-41-36-31-25-22-19-17-14-16-18-21-24-29-34-39-44-51(2)3/h51-53H,6-50H2,1-5H3/t53-/m0/s1. The molecule has 6 heteroatoms. The van der Waals surface area contributed by atoms with E-state index >= 15 is 0 Å². The van der Waals surface area contributed by atoms with Gasteiger partial charge in [0.15, 0.2) is 6.10 Å². The summed E-state index contributed by atoms with van der Waals surface area (Å²) in [6, 6.07) is 0. The number of carbonyl (C=O) groups excluding carboxylic acids is 3. The van der Waals surface area contributed by atoms with Crippen molar-refractivity contribution in [3.8, 4) is 0 Å². The fourth-order valence-corrected chi connectivity index (χ4v) is 8.52. The second kappa shape index (κ2) is 48.9. The van der Waals surface area contributed by atoms with Crippen molar-refractivity contribution in [3.05, 3.63) is 0 Å². The Morgan fingerprint density at radius 2 is 0.532 bits per heavy atom. The number of unbranched alkanes of at least 4 members (excludes halogenated alkanes) is 35. The van der Waals surface area contributed by atoms with Crippen LogP contribution in [0.15, 0.2) is 0 Å². The minimum atomic E-state index is -0.762. The third-order valence-electron chi connectivity index (χ3n) is 12.7. The molecular formula is C56H108O6. The van der Waals surface area contributed by atoms with E-state index in [0.29, 0.717) is 19.3 Å². The van der Waals surface area contributed by atoms with Gasteiger partial charge in [-0.15, -0.1) is 0 Å². The van der Waals surface area contributed by atoms with Crippen LogP contribution in [-0.4, -0.2) is 37.2 Å². The van der Waals surface area contributed by atoms with Crippen molar-refractivity contribution < 1.29 is 28.6 Å². The van der Waals surface area contributed by atoms with E-state index in [2.05, 4.69) is 34.6 Å². The van der Waals surface area contributed by atoms with Crippen molar-refractivity contribution in [1.29, 1.82) is 0 Å². The van der Waals surface area contributed by atoms with Crippen molar-refractivity contribution in [3.63, 3.8) is 0 Å². The maximum Gasteiger partial charge on any atom is 0.306 e. The maximum atomic E-state index is 12.8. The molecular weight excluding hydrogens is 769 g/mol. The molecule has 0 amide bonds. The number of carbonyl (C=O) groups is 3. The first-order valence-corrected chi connectivity index (χ1v) is 27.7. The lowest BCUT2D eigenvalue weighted by atomic mass is 10.0. The topological polar surface area (TPSA) is 78.9 Å². The van der Waals surface area contributed by atoms with Crippen molar-refractivity contribution in [2.75, 3.05) is 13.2 Å². The number of ether oxygens (including phenoxy) is 3. The number of rotatable bonds is 50. The minimum Gasteiger partial charge on any atom is -0.462 e. The lowest BCUT2D eigenvalue weighted by molar-refractivity contribution is -0.167. The van der Waals surface area contributed by atoms with Gasteiger partial charge in [-0.05, 0) is 31.1 Å². The van der Waals surface area contributed by atoms with Gasteiger partial charge in [0.25, 0.3) is 0 Å². The zero-order valence-corrected chi connectivity index (χ0v) is 42.5. The number of hydrogen-bond donors (Lipinski definition) is 0. The average molecular weight is 877 g/mol. The molecule has 0 spiro atoms. The van der Waals surface area contributed by atoms with Crippen molar-refractivity contribution in [2.45, 2.75) is 317 Å². The smallest absolute Gasteiger partial charge is 0.306 e. The van der Waals surface area contributed by atoms with Gasteiger partial charge in [0.2, 0.25) is 0 Å². The van der Waals surface area contributed by atoms with Gasteiger partial charge >= 0.3 is 17.9 Å². The van der Waals surface area contributed by atoms with Gasteiger partial charge in [-0.25, -0.2) is 0 Å². The first-order chi connectivity index (χ1) is 30.2. The van der Waals surface area contributed by atoms with Crippen molar-refractivity contribution in [2.24, 2.45) is 11.8 Å². The fraction of sp³-hybridized carbons (Fsp3) is 0.946. The zero-order chi connectivity index (χ0) is 45.4. The Hall–Kier alpha value is -1.59. The normalized spacial score (nSPS) is 12.0. The molecule has 0 saturated carbocycles. The van der Waals surface area contributed by atoms with Gasteiger partial charge < -0.3 is 14.2 Å². The molecule has 0 aliphatic rings. The van der Waals surface area contributed by atoms with Gasteiger partial charge in [-0.2, -0.15) is 0 Å². The molecule has 0 aromatic rings. The molecule has 62 heavy (non-hydrogen) atoms. The Bertz CT molecular complexity index is 947. The monoisotopic (exact) mass is 877 g/mol. The number of hydrogen-bond acceptors (Lipinski definition) is 6. The molecule has 0 aromatic heterocycles. The van der Waals surface area contributed by atoms with E-state index < -0.39 is 6.10 Å². The minimum absolute atomic E-state index is 0.0633. The van der Waals surface area contributed by atoms with Gasteiger partial charge in [0, 0.05) is 19.3 Å². The average Bonchev–Trinajstić information content (AvgIpc) is 3.24. The Labute approximate surface area is 387 Å². The summed E-state index contributed by atoms with van der Waals surface area (Å²) in [5, 5.41) is 0. The van der Waals surface area contributed by atoms with Crippen LogP contribution < -0.4 is 0 Å². The van der Waals surface area contributed by atoms with Gasteiger partial charge in [-0.3, -0.25) is 14.4 Å². The van der Waals surface area contributed by atoms with Crippen LogP contribution in [0.3, 0.4) is 0 Å². The van der Waals surface area contributed by atoms with Gasteiger partial charge in [-0.1, -0.05) is 272 Å². The molecule has 0 fully saturated rings. The first kappa shape index (κ1) is 60.4. The summed E-state index contributed by atoms with van der Waals surface area (Å²) in [6.45, 7) is 11.4. The molecule has 0 heterocycles. The van der Waals surface area contributed by atoms with Crippen LogP contribution in [0.4, 0.5) is 0 Å². The van der Waals surface area contributed by atoms with Crippen LogP contribution in [0.1, 0.15) is 311 Å². The van der Waals surface area contributed by atoms with E-state index in [1.807, 2.05) is 0 Å². The predicted molar refractivity (Wildman–Crippen MR) is 266 cm³/mol. The highest BCUT2D eigenvalue weighted by Crippen LogP contribution is 2.18. The quantitative estimate of drug-likeness (QED) is 0.0344. The van der Waals surface area contributed by atoms with Crippen LogP contribution in [0.2, 0.25) is 0 Å². The molecule has 0 aliphatic heterocycles. The largest absolute Gasteiger partial charge is 0.462 e. The summed E-state index contributed by atoms with van der Waals surface area (Å²) in [5.74, 6) is 0.801. The Morgan fingerprint density at radius 1 is 0.306 bits per heavy atom. The van der Waals surface area contributed by atoms with E-state index in [0.717, 1.165) is 69.6 Å². The highest BCUT2D eigenvalue weighted by molar-refractivity contribution is 5.71. The third-order valence-corrected chi connectivity index (χ3v) is 12.7. The second-order valence-corrected chi connectivity index (χ2v) is 20.2. The highest BCUT2D eigenvalue weighted by atomic mass is 16.6. The molecule has 0 N–H and O–H groups in total. The Morgan fingerprint density at radius 3 is 0.790 bits per heavy atom. The summed E-state index contributed by atoms with van der Waals surface area (Å²) in [4.78, 5) is 38.0. The van der Waals surface area contributed by atoms with E-state index in [4.69, 9.17) is 14.2 Å². The van der Waals surface area contributed by atoms with Crippen LogP contribution in [-0.2, 0) is 28.6 Å². The lowest BCUT2D eigenvalue weighted by Gasteiger charge is -2.18. The van der Waals surface area contributed by atoms with Gasteiger partial charge in [0.05, 0.1) is 0 Å². The Balaban J connectivity index is 4.27. The highest BCUT2D eigenvalue weighted by Gasteiger charge is 2.19. The van der Waals surface area contributed by atoms with Crippen LogP contribution in [0.5, 0.6) is 0 Å². The molecule has 0 unspecified atom stereocenters.